The van der Waals surface area contributed by atoms with Crippen LogP contribution < -0.4 is 4.74 Å². The van der Waals surface area contributed by atoms with Crippen LogP contribution in [-0.2, 0) is 19.6 Å². The minimum atomic E-state index is -4.83. The highest BCUT2D eigenvalue weighted by molar-refractivity contribution is 7.89. The molecule has 162 valence electrons. The van der Waals surface area contributed by atoms with Crippen molar-refractivity contribution in [3.05, 3.63) is 24.3 Å². The zero-order chi connectivity index (χ0) is 21.1. The summed E-state index contributed by atoms with van der Waals surface area (Å²) in [5.74, 6) is 0.296. The molecular formula is C19H24F3NO5S. The van der Waals surface area contributed by atoms with Crippen LogP contribution in [0.15, 0.2) is 29.2 Å². The van der Waals surface area contributed by atoms with Crippen molar-refractivity contribution < 1.29 is 35.9 Å². The van der Waals surface area contributed by atoms with Gasteiger partial charge in [0, 0.05) is 19.5 Å². The summed E-state index contributed by atoms with van der Waals surface area (Å²) in [6, 6.07) is 4.14. The molecule has 1 aliphatic heterocycles. The van der Waals surface area contributed by atoms with Crippen molar-refractivity contribution in [1.82, 2.24) is 4.31 Å². The number of ether oxygens (including phenoxy) is 2. The number of hydrogen-bond acceptors (Lipinski definition) is 5. The molecule has 2 fully saturated rings. The molecule has 0 N–H and O–H groups in total. The summed E-state index contributed by atoms with van der Waals surface area (Å²) in [4.78, 5) is 11.7. The smallest absolute Gasteiger partial charge is 0.406 e. The van der Waals surface area contributed by atoms with E-state index in [9.17, 15) is 26.4 Å². The summed E-state index contributed by atoms with van der Waals surface area (Å²) in [7, 11) is -3.81. The molecule has 0 radical (unpaired) electrons. The second-order valence-electron chi connectivity index (χ2n) is 7.45. The molecule has 2 aliphatic rings. The summed E-state index contributed by atoms with van der Waals surface area (Å²) in [6.07, 6.45) is -0.208. The van der Waals surface area contributed by atoms with Gasteiger partial charge in [-0.1, -0.05) is 12.8 Å². The van der Waals surface area contributed by atoms with Gasteiger partial charge in [0.15, 0.2) is 5.78 Å². The maximum atomic E-state index is 12.7. The Morgan fingerprint density at radius 3 is 2.24 bits per heavy atom. The van der Waals surface area contributed by atoms with Gasteiger partial charge in [-0.25, -0.2) is 8.42 Å². The molecular weight excluding hydrogens is 411 g/mol. The molecule has 1 heterocycles. The lowest BCUT2D eigenvalue weighted by Gasteiger charge is -2.31. The summed E-state index contributed by atoms with van der Waals surface area (Å²) in [6.45, 7) is 0.513. The molecule has 1 aromatic carbocycles. The number of sulfonamides is 1. The lowest BCUT2D eigenvalue weighted by molar-refractivity contribution is -0.274. The summed E-state index contributed by atoms with van der Waals surface area (Å²) in [5, 5.41) is 0. The number of carbonyl (C=O) groups is 1. The molecule has 29 heavy (non-hydrogen) atoms. The van der Waals surface area contributed by atoms with Crippen molar-refractivity contribution >= 4 is 15.8 Å². The van der Waals surface area contributed by atoms with Crippen LogP contribution in [0.25, 0.3) is 0 Å². The Kier molecular flexibility index (Phi) is 6.85. The Morgan fingerprint density at radius 1 is 1.07 bits per heavy atom. The first kappa shape index (κ1) is 22.0. The fraction of sp³-hybridized carbons (Fsp3) is 0.632. The van der Waals surface area contributed by atoms with Crippen LogP contribution in [0.2, 0.25) is 0 Å². The Morgan fingerprint density at radius 2 is 1.69 bits per heavy atom. The van der Waals surface area contributed by atoms with Gasteiger partial charge in [-0.2, -0.15) is 4.31 Å². The number of nitrogens with zero attached hydrogens (tertiary/aromatic N) is 1. The first-order valence-electron chi connectivity index (χ1n) is 9.63. The normalized spacial score (nSPS) is 19.3. The third kappa shape index (κ3) is 6.68. The Balaban J connectivity index is 1.46. The third-order valence-corrected chi connectivity index (χ3v) is 7.02. The molecule has 3 rings (SSSR count). The molecule has 0 aromatic heterocycles. The van der Waals surface area contributed by atoms with Crippen molar-refractivity contribution in [3.63, 3.8) is 0 Å². The Hall–Kier alpha value is -1.65. The number of piperidine rings is 1. The molecule has 0 amide bonds. The SMILES string of the molecule is O=C(CCC1CC1)COC1CCN(S(=O)(=O)c2ccc(OC(F)(F)F)cc2)CC1. The van der Waals surface area contributed by atoms with Crippen molar-refractivity contribution in [2.24, 2.45) is 5.92 Å². The molecule has 10 heteroatoms. The van der Waals surface area contributed by atoms with Crippen molar-refractivity contribution in [2.45, 2.75) is 55.9 Å². The first-order valence-corrected chi connectivity index (χ1v) is 11.1. The lowest BCUT2D eigenvalue weighted by Crippen LogP contribution is -2.41. The predicted octanol–water partition coefficient (Wildman–Crippen LogP) is 3.51. The van der Waals surface area contributed by atoms with Crippen LogP contribution in [0.5, 0.6) is 5.75 Å². The van der Waals surface area contributed by atoms with E-state index in [-0.39, 0.29) is 36.5 Å². The number of halogens is 3. The first-order chi connectivity index (χ1) is 13.6. The van der Waals surface area contributed by atoms with Gasteiger partial charge in [-0.3, -0.25) is 4.79 Å². The van der Waals surface area contributed by atoms with Gasteiger partial charge in [-0.05, 0) is 49.4 Å². The number of benzene rings is 1. The molecule has 6 nitrogen and oxygen atoms in total. The number of ketones is 1. The number of hydrogen-bond donors (Lipinski definition) is 0. The summed E-state index contributed by atoms with van der Waals surface area (Å²) < 4.78 is 72.7. The van der Waals surface area contributed by atoms with Crippen molar-refractivity contribution in [2.75, 3.05) is 19.7 Å². The second kappa shape index (κ2) is 9.01. The molecule has 1 saturated heterocycles. The van der Waals surface area contributed by atoms with Crippen LogP contribution in [0.4, 0.5) is 13.2 Å². The molecule has 1 aromatic rings. The fourth-order valence-corrected chi connectivity index (χ4v) is 4.73. The molecule has 1 aliphatic carbocycles. The van der Waals surface area contributed by atoms with Gasteiger partial charge >= 0.3 is 6.36 Å². The molecule has 0 atom stereocenters. The van der Waals surface area contributed by atoms with Crippen LogP contribution >= 0.6 is 0 Å². The van der Waals surface area contributed by atoms with E-state index >= 15 is 0 Å². The van der Waals surface area contributed by atoms with Gasteiger partial charge in [0.2, 0.25) is 10.0 Å². The van der Waals surface area contributed by atoms with Crippen LogP contribution in [0, 0.1) is 5.92 Å². The van der Waals surface area contributed by atoms with E-state index in [0.717, 1.165) is 30.7 Å². The van der Waals surface area contributed by atoms with E-state index in [2.05, 4.69) is 4.74 Å². The summed E-state index contributed by atoms with van der Waals surface area (Å²) >= 11 is 0. The Bertz CT molecular complexity index is 798. The number of Topliss-reactive ketones (excluding diaryl/α,β-unsaturated/α-hetero) is 1. The summed E-state index contributed by atoms with van der Waals surface area (Å²) in [5.41, 5.74) is 0. The van der Waals surface area contributed by atoms with Crippen LogP contribution in [0.3, 0.4) is 0 Å². The quantitative estimate of drug-likeness (QED) is 0.594. The minimum absolute atomic E-state index is 0.0603. The highest BCUT2D eigenvalue weighted by atomic mass is 32.2. The van der Waals surface area contributed by atoms with E-state index in [0.29, 0.717) is 25.2 Å². The lowest BCUT2D eigenvalue weighted by atomic mass is 10.1. The fourth-order valence-electron chi connectivity index (χ4n) is 3.26. The van der Waals surface area contributed by atoms with Crippen molar-refractivity contribution in [3.8, 4) is 5.75 Å². The van der Waals surface area contributed by atoms with E-state index in [1.54, 1.807) is 0 Å². The average Bonchev–Trinajstić information content (AvgIpc) is 3.49. The zero-order valence-electron chi connectivity index (χ0n) is 15.9. The minimum Gasteiger partial charge on any atom is -0.406 e. The maximum absolute atomic E-state index is 12.7. The maximum Gasteiger partial charge on any atom is 0.573 e. The van der Waals surface area contributed by atoms with E-state index < -0.39 is 22.1 Å². The van der Waals surface area contributed by atoms with Gasteiger partial charge in [0.05, 0.1) is 11.0 Å². The van der Waals surface area contributed by atoms with Crippen LogP contribution in [-0.4, -0.2) is 50.7 Å². The standard InChI is InChI=1S/C19H24F3NO5S/c20-19(21,22)28-17-5-7-18(8-6-17)29(25,26)23-11-9-16(10-12-23)27-13-15(24)4-3-14-1-2-14/h5-8,14,16H,1-4,9-13H2. The molecule has 0 unspecified atom stereocenters. The van der Waals surface area contributed by atoms with Gasteiger partial charge < -0.3 is 9.47 Å². The molecule has 1 saturated carbocycles. The van der Waals surface area contributed by atoms with E-state index in [1.807, 2.05) is 0 Å². The van der Waals surface area contributed by atoms with Crippen LogP contribution in [0.1, 0.15) is 38.5 Å². The molecule has 0 bridgehead atoms. The van der Waals surface area contributed by atoms with Gasteiger partial charge in [-0.15, -0.1) is 13.2 Å². The predicted molar refractivity (Wildman–Crippen MR) is 97.8 cm³/mol. The number of rotatable bonds is 9. The monoisotopic (exact) mass is 435 g/mol. The third-order valence-electron chi connectivity index (χ3n) is 5.10. The zero-order valence-corrected chi connectivity index (χ0v) is 16.7. The Labute approximate surface area is 168 Å². The second-order valence-corrected chi connectivity index (χ2v) is 9.39. The van der Waals surface area contributed by atoms with Gasteiger partial charge in [0.25, 0.3) is 0 Å². The highest BCUT2D eigenvalue weighted by Crippen LogP contribution is 2.33. The van der Waals surface area contributed by atoms with E-state index in [4.69, 9.17) is 4.74 Å². The number of alkyl halides is 3. The highest BCUT2D eigenvalue weighted by Gasteiger charge is 2.32. The topological polar surface area (TPSA) is 72.9 Å². The molecule has 0 spiro atoms. The van der Waals surface area contributed by atoms with Gasteiger partial charge in [0.1, 0.15) is 12.4 Å². The average molecular weight is 435 g/mol. The van der Waals surface area contributed by atoms with Crippen molar-refractivity contribution in [1.29, 1.82) is 0 Å². The largest absolute Gasteiger partial charge is 0.573 e. The number of carbonyl (C=O) groups excluding carboxylic acids is 1. The van der Waals surface area contributed by atoms with E-state index in [1.165, 1.54) is 17.1 Å².